The van der Waals surface area contributed by atoms with Crippen molar-refractivity contribution in [3.63, 3.8) is 0 Å². The Bertz CT molecular complexity index is 874. The van der Waals surface area contributed by atoms with Crippen LogP contribution in [-0.4, -0.2) is 34.5 Å². The van der Waals surface area contributed by atoms with Crippen molar-refractivity contribution in [2.45, 2.75) is 38.0 Å². The van der Waals surface area contributed by atoms with E-state index in [9.17, 15) is 0 Å². The van der Waals surface area contributed by atoms with E-state index in [-0.39, 0.29) is 5.41 Å². The number of aromatic amines is 1. The van der Waals surface area contributed by atoms with Crippen LogP contribution in [-0.2, 0) is 5.41 Å². The first-order valence-electron chi connectivity index (χ1n) is 9.43. The highest BCUT2D eigenvalue weighted by Gasteiger charge is 2.28. The number of pyridine rings is 1. The third-order valence-electron chi connectivity index (χ3n) is 5.76. The van der Waals surface area contributed by atoms with Gasteiger partial charge in [-0.3, -0.25) is 0 Å². The average molecular weight is 368 g/mol. The summed E-state index contributed by atoms with van der Waals surface area (Å²) in [5.74, 6) is 0.628. The first-order chi connectivity index (χ1) is 12.5. The highest BCUT2D eigenvalue weighted by molar-refractivity contribution is 6.30. The highest BCUT2D eigenvalue weighted by atomic mass is 35.5. The van der Waals surface area contributed by atoms with Crippen molar-refractivity contribution in [3.05, 3.63) is 64.9 Å². The molecule has 4 rings (SSSR count). The molecular weight excluding hydrogens is 342 g/mol. The number of H-pyrrole nitrogens is 1. The maximum Gasteiger partial charge on any atom is 0.137 e. The zero-order valence-corrected chi connectivity index (χ0v) is 16.3. The molecule has 3 nitrogen and oxygen atoms in total. The summed E-state index contributed by atoms with van der Waals surface area (Å²) in [6, 6.07) is 12.5. The second-order valence-corrected chi connectivity index (χ2v) is 8.52. The number of aromatic nitrogens is 2. The van der Waals surface area contributed by atoms with Gasteiger partial charge in [0.25, 0.3) is 0 Å². The van der Waals surface area contributed by atoms with Crippen molar-refractivity contribution in [2.24, 2.45) is 0 Å². The second kappa shape index (κ2) is 7.05. The number of nitrogens with zero attached hydrogens (tertiary/aromatic N) is 2. The Hall–Kier alpha value is -1.84. The molecule has 2 aromatic heterocycles. The van der Waals surface area contributed by atoms with Gasteiger partial charge in [-0.05, 0) is 67.2 Å². The zero-order chi connectivity index (χ0) is 18.1. The predicted octanol–water partition coefficient (Wildman–Crippen LogP) is 5.37. The van der Waals surface area contributed by atoms with E-state index < -0.39 is 0 Å². The van der Waals surface area contributed by atoms with Gasteiger partial charge in [0.05, 0.1) is 0 Å². The van der Waals surface area contributed by atoms with E-state index >= 15 is 0 Å². The summed E-state index contributed by atoms with van der Waals surface area (Å²) in [6.07, 6.45) is 6.43. The van der Waals surface area contributed by atoms with Crippen LogP contribution in [0.2, 0.25) is 5.02 Å². The molecule has 0 radical (unpaired) electrons. The lowest BCUT2D eigenvalue weighted by atomic mass is 9.82. The minimum Gasteiger partial charge on any atom is -0.346 e. The lowest BCUT2D eigenvalue weighted by Crippen LogP contribution is -2.41. The van der Waals surface area contributed by atoms with Crippen LogP contribution in [0.15, 0.2) is 48.8 Å². The van der Waals surface area contributed by atoms with E-state index in [1.807, 2.05) is 24.4 Å². The normalized spacial score (nSPS) is 17.0. The smallest absolute Gasteiger partial charge is 0.137 e. The van der Waals surface area contributed by atoms with Crippen LogP contribution in [0.25, 0.3) is 11.0 Å². The van der Waals surface area contributed by atoms with Crippen LogP contribution >= 0.6 is 11.6 Å². The number of hydrogen-bond donors (Lipinski definition) is 1. The van der Waals surface area contributed by atoms with Gasteiger partial charge in [0, 0.05) is 34.8 Å². The summed E-state index contributed by atoms with van der Waals surface area (Å²) in [6.45, 7) is 8.03. The Morgan fingerprint density at radius 3 is 2.62 bits per heavy atom. The first-order valence-corrected chi connectivity index (χ1v) is 9.81. The van der Waals surface area contributed by atoms with E-state index in [4.69, 9.17) is 11.6 Å². The standard InChI is InChI=1S/C22H26ClN3/c1-22(2,17-5-7-18(23)8-6-17)15-26-12-9-16(10-13-26)20-14-25-21-19(20)4-3-11-24-21/h3-8,11,14,16H,9-10,12-13,15H2,1-2H3,(H,24,25). The molecule has 3 aromatic rings. The molecule has 0 saturated carbocycles. The molecule has 0 spiro atoms. The van der Waals surface area contributed by atoms with Crippen LogP contribution in [0, 0.1) is 0 Å². The largest absolute Gasteiger partial charge is 0.346 e. The number of fused-ring (bicyclic) bond motifs is 1. The summed E-state index contributed by atoms with van der Waals surface area (Å²) in [4.78, 5) is 10.4. The van der Waals surface area contributed by atoms with Gasteiger partial charge in [0.1, 0.15) is 5.65 Å². The van der Waals surface area contributed by atoms with Gasteiger partial charge in [-0.1, -0.05) is 37.6 Å². The molecule has 1 aliphatic rings. The Kier molecular flexibility index (Phi) is 4.76. The Balaban J connectivity index is 1.41. The predicted molar refractivity (Wildman–Crippen MR) is 109 cm³/mol. The first kappa shape index (κ1) is 17.6. The van der Waals surface area contributed by atoms with Gasteiger partial charge in [-0.2, -0.15) is 0 Å². The van der Waals surface area contributed by atoms with Crippen LogP contribution < -0.4 is 0 Å². The molecule has 136 valence electrons. The maximum atomic E-state index is 6.04. The van der Waals surface area contributed by atoms with E-state index in [2.05, 4.69) is 53.1 Å². The third-order valence-corrected chi connectivity index (χ3v) is 6.01. The SMILES string of the molecule is CC(C)(CN1CCC(c2c[nH]c3ncccc23)CC1)c1ccc(Cl)cc1. The van der Waals surface area contributed by atoms with Crippen molar-refractivity contribution in [1.82, 2.24) is 14.9 Å². The quantitative estimate of drug-likeness (QED) is 0.671. The molecule has 1 aromatic carbocycles. The molecule has 1 saturated heterocycles. The zero-order valence-electron chi connectivity index (χ0n) is 15.5. The third kappa shape index (κ3) is 3.51. The second-order valence-electron chi connectivity index (χ2n) is 8.08. The van der Waals surface area contributed by atoms with Gasteiger partial charge in [0.2, 0.25) is 0 Å². The highest BCUT2D eigenvalue weighted by Crippen LogP contribution is 2.34. The molecule has 3 heterocycles. The van der Waals surface area contributed by atoms with Crippen LogP contribution in [0.1, 0.15) is 43.7 Å². The molecule has 1 fully saturated rings. The van der Waals surface area contributed by atoms with Crippen molar-refractivity contribution >= 4 is 22.6 Å². The molecule has 1 N–H and O–H groups in total. The summed E-state index contributed by atoms with van der Waals surface area (Å²) in [7, 11) is 0. The number of rotatable bonds is 4. The average Bonchev–Trinajstić information content (AvgIpc) is 3.07. The fourth-order valence-corrected chi connectivity index (χ4v) is 4.39. The van der Waals surface area contributed by atoms with E-state index in [1.165, 1.54) is 29.4 Å². The fourth-order valence-electron chi connectivity index (χ4n) is 4.27. The molecule has 0 atom stereocenters. The van der Waals surface area contributed by atoms with Gasteiger partial charge in [0.15, 0.2) is 0 Å². The van der Waals surface area contributed by atoms with Crippen molar-refractivity contribution < 1.29 is 0 Å². The van der Waals surface area contributed by atoms with Crippen molar-refractivity contribution in [3.8, 4) is 0 Å². The minimum atomic E-state index is 0.127. The number of benzene rings is 1. The number of piperidine rings is 1. The van der Waals surface area contributed by atoms with Gasteiger partial charge in [-0.25, -0.2) is 4.98 Å². The van der Waals surface area contributed by atoms with Crippen LogP contribution in [0.4, 0.5) is 0 Å². The topological polar surface area (TPSA) is 31.9 Å². The molecule has 1 aliphatic heterocycles. The van der Waals surface area contributed by atoms with Gasteiger partial charge < -0.3 is 9.88 Å². The van der Waals surface area contributed by atoms with E-state index in [0.29, 0.717) is 5.92 Å². The maximum absolute atomic E-state index is 6.04. The molecule has 0 aliphatic carbocycles. The number of nitrogens with one attached hydrogen (secondary N) is 1. The summed E-state index contributed by atoms with van der Waals surface area (Å²) in [5.41, 5.74) is 3.92. The molecule has 26 heavy (non-hydrogen) atoms. The minimum absolute atomic E-state index is 0.127. The Morgan fingerprint density at radius 1 is 1.15 bits per heavy atom. The van der Waals surface area contributed by atoms with Crippen molar-refractivity contribution in [2.75, 3.05) is 19.6 Å². The monoisotopic (exact) mass is 367 g/mol. The Labute approximate surface area is 160 Å². The van der Waals surface area contributed by atoms with E-state index in [0.717, 1.165) is 30.3 Å². The number of hydrogen-bond acceptors (Lipinski definition) is 2. The Morgan fingerprint density at radius 2 is 1.88 bits per heavy atom. The summed E-state index contributed by atoms with van der Waals surface area (Å²) in [5, 5.41) is 2.09. The van der Waals surface area contributed by atoms with Gasteiger partial charge >= 0.3 is 0 Å². The molecule has 0 unspecified atom stereocenters. The lowest BCUT2D eigenvalue weighted by Gasteiger charge is -2.37. The summed E-state index contributed by atoms with van der Waals surface area (Å²) < 4.78 is 0. The van der Waals surface area contributed by atoms with Crippen LogP contribution in [0.3, 0.4) is 0 Å². The van der Waals surface area contributed by atoms with Crippen LogP contribution in [0.5, 0.6) is 0 Å². The molecule has 4 heteroatoms. The number of halogens is 1. The summed E-state index contributed by atoms with van der Waals surface area (Å²) >= 11 is 6.04. The molecular formula is C22H26ClN3. The molecule has 0 amide bonds. The van der Waals surface area contributed by atoms with Crippen molar-refractivity contribution in [1.29, 1.82) is 0 Å². The van der Waals surface area contributed by atoms with Gasteiger partial charge in [-0.15, -0.1) is 0 Å². The fraction of sp³-hybridized carbons (Fsp3) is 0.409. The molecule has 0 bridgehead atoms. The van der Waals surface area contributed by atoms with E-state index in [1.54, 1.807) is 0 Å². The lowest BCUT2D eigenvalue weighted by molar-refractivity contribution is 0.178. The number of likely N-dealkylation sites (tertiary alicyclic amines) is 1.